The molecule has 1 saturated heterocycles. The maximum Gasteiger partial charge on any atom is 0.335 e. The van der Waals surface area contributed by atoms with Crippen LogP contribution in [0.2, 0.25) is 0 Å². The van der Waals surface area contributed by atoms with Crippen LogP contribution < -0.4 is 15.8 Å². The molecule has 3 aromatic rings. The first kappa shape index (κ1) is 27.0. The number of aliphatic hydroxyl groups is 3. The van der Waals surface area contributed by atoms with Crippen LogP contribution in [0.4, 0.5) is 5.82 Å². The lowest BCUT2D eigenvalue weighted by atomic mass is 9.92. The van der Waals surface area contributed by atoms with Crippen molar-refractivity contribution in [1.82, 2.24) is 29.6 Å². The number of anilines is 1. The molecule has 7 N–H and O–H groups in total. The summed E-state index contributed by atoms with van der Waals surface area (Å²) in [7, 11) is -4.46. The van der Waals surface area contributed by atoms with Crippen molar-refractivity contribution in [2.45, 2.75) is 36.7 Å². The van der Waals surface area contributed by atoms with Gasteiger partial charge in [-0.25, -0.2) is 15.0 Å². The van der Waals surface area contributed by atoms with E-state index in [9.17, 15) is 33.3 Å². The van der Waals surface area contributed by atoms with Gasteiger partial charge in [0.25, 0.3) is 5.91 Å². The molecule has 2 aliphatic rings. The van der Waals surface area contributed by atoms with Crippen molar-refractivity contribution in [2.24, 2.45) is 5.92 Å². The van der Waals surface area contributed by atoms with E-state index in [0.29, 0.717) is 6.29 Å². The molecule has 0 saturated carbocycles. The fraction of sp³-hybridized carbons (Fsp3) is 0.409. The normalized spacial score (nSPS) is 27.4. The molecule has 4 heterocycles. The molecule has 6 atom stereocenters. The molecule has 17 heteroatoms. The van der Waals surface area contributed by atoms with Crippen LogP contribution >= 0.6 is 0 Å². The Hall–Kier alpha value is -3.58. The second-order valence-electron chi connectivity index (χ2n) is 9.18. The number of hydrogen-bond acceptors (Lipinski definition) is 13. The number of aromatic nitrogens is 4. The van der Waals surface area contributed by atoms with Gasteiger partial charge in [-0.3, -0.25) is 13.5 Å². The van der Waals surface area contributed by atoms with E-state index in [1.54, 1.807) is 12.1 Å². The van der Waals surface area contributed by atoms with Gasteiger partial charge < -0.3 is 35.9 Å². The Morgan fingerprint density at radius 2 is 2.03 bits per heavy atom. The van der Waals surface area contributed by atoms with Gasteiger partial charge in [-0.1, -0.05) is 18.2 Å². The SMILES string of the molecule is Nc1ncnc2c1ncn2[C@@H]1O[C@H](COS(=O)(=O)NCC(C=O)CC2(O)NC(=O)c3ccccc32)[C@@H](O)[C@H]1O. The van der Waals surface area contributed by atoms with Gasteiger partial charge in [0.2, 0.25) is 0 Å². The lowest BCUT2D eigenvalue weighted by Gasteiger charge is -2.26. The van der Waals surface area contributed by atoms with E-state index in [0.717, 1.165) is 0 Å². The zero-order chi connectivity index (χ0) is 27.9. The number of aliphatic hydroxyl groups excluding tert-OH is 2. The van der Waals surface area contributed by atoms with E-state index >= 15 is 0 Å². The fourth-order valence-electron chi connectivity index (χ4n) is 4.63. The average Bonchev–Trinajstić information content (AvgIpc) is 3.54. The van der Waals surface area contributed by atoms with Crippen molar-refractivity contribution in [1.29, 1.82) is 0 Å². The maximum absolute atomic E-state index is 12.5. The number of amides is 1. The molecule has 2 unspecified atom stereocenters. The van der Waals surface area contributed by atoms with Gasteiger partial charge in [0.15, 0.2) is 23.4 Å². The van der Waals surface area contributed by atoms with Crippen LogP contribution in [0, 0.1) is 5.92 Å². The molecule has 1 amide bonds. The number of benzene rings is 1. The minimum absolute atomic E-state index is 0.101. The fourth-order valence-corrected chi connectivity index (χ4v) is 5.45. The topological polar surface area (TPSA) is 241 Å². The van der Waals surface area contributed by atoms with Gasteiger partial charge in [-0.2, -0.15) is 13.1 Å². The van der Waals surface area contributed by atoms with E-state index in [-0.39, 0.29) is 34.5 Å². The molecule has 208 valence electrons. The zero-order valence-electron chi connectivity index (χ0n) is 20.1. The molecular weight excluding hydrogens is 538 g/mol. The summed E-state index contributed by atoms with van der Waals surface area (Å²) in [5.74, 6) is -1.45. The molecule has 1 aromatic carbocycles. The molecule has 16 nitrogen and oxygen atoms in total. The number of nitrogens with one attached hydrogen (secondary N) is 2. The molecule has 2 aromatic heterocycles. The van der Waals surface area contributed by atoms with E-state index in [4.69, 9.17) is 14.7 Å². The summed E-state index contributed by atoms with van der Waals surface area (Å²) in [5, 5.41) is 34.3. The van der Waals surface area contributed by atoms with Crippen LogP contribution in [0.25, 0.3) is 11.2 Å². The van der Waals surface area contributed by atoms with Crippen LogP contribution in [0.15, 0.2) is 36.9 Å². The molecule has 0 aliphatic carbocycles. The Morgan fingerprint density at radius 3 is 2.79 bits per heavy atom. The number of nitrogens with two attached hydrogens (primary N) is 1. The Morgan fingerprint density at radius 1 is 1.26 bits per heavy atom. The van der Waals surface area contributed by atoms with E-state index in [1.165, 1.54) is 29.4 Å². The van der Waals surface area contributed by atoms with Crippen LogP contribution in [0.3, 0.4) is 0 Å². The first-order valence-electron chi connectivity index (χ1n) is 11.7. The summed E-state index contributed by atoms with van der Waals surface area (Å²) in [5.41, 5.74) is 4.93. The van der Waals surface area contributed by atoms with Crippen molar-refractivity contribution in [3.63, 3.8) is 0 Å². The number of rotatable bonds is 10. The number of imidazole rings is 1. The second kappa shape index (κ2) is 10.2. The minimum Gasteiger partial charge on any atom is -0.387 e. The molecule has 0 spiro atoms. The highest BCUT2D eigenvalue weighted by Crippen LogP contribution is 2.34. The van der Waals surface area contributed by atoms with Crippen LogP contribution in [-0.4, -0.2) is 86.9 Å². The van der Waals surface area contributed by atoms with Gasteiger partial charge >= 0.3 is 10.3 Å². The van der Waals surface area contributed by atoms with Crippen molar-refractivity contribution in [3.05, 3.63) is 48.0 Å². The Bertz CT molecular complexity index is 1520. The highest BCUT2D eigenvalue weighted by atomic mass is 32.2. The third-order valence-corrected chi connectivity index (χ3v) is 7.56. The van der Waals surface area contributed by atoms with Crippen molar-refractivity contribution >= 4 is 39.5 Å². The Kier molecular flexibility index (Phi) is 7.06. The van der Waals surface area contributed by atoms with Gasteiger partial charge in [0, 0.05) is 30.0 Å². The predicted octanol–water partition coefficient (Wildman–Crippen LogP) is -2.33. The number of fused-ring (bicyclic) bond motifs is 2. The molecule has 5 rings (SSSR count). The number of aldehydes is 1. The first-order valence-corrected chi connectivity index (χ1v) is 13.1. The van der Waals surface area contributed by atoms with Gasteiger partial charge in [0.05, 0.1) is 12.9 Å². The molecule has 2 aliphatic heterocycles. The standard InChI is InChI=1S/C22H25N7O9S/c23-18-15-19(25-9-24-18)29(10-26-15)21-17(32)16(31)14(38-21)8-37-39(35,36)27-6-11(7-30)5-22(34)13-4-2-1-3-12(13)20(33)28-22/h1-4,7,9-11,14,16-17,21,27,31-32,34H,5-6,8H2,(H,28,33)(H2,23,24,25)/t11?,14-,16-,17-,21-,22?/m1/s1. The number of carbonyl (C=O) groups excluding carboxylic acids is 2. The van der Waals surface area contributed by atoms with E-state index in [1.807, 2.05) is 0 Å². The average molecular weight is 564 g/mol. The summed E-state index contributed by atoms with van der Waals surface area (Å²) >= 11 is 0. The van der Waals surface area contributed by atoms with Crippen molar-refractivity contribution in [3.8, 4) is 0 Å². The molecular formula is C22H25N7O9S. The summed E-state index contributed by atoms with van der Waals surface area (Å²) in [6.07, 6.45) is -2.80. The Balaban J connectivity index is 1.19. The summed E-state index contributed by atoms with van der Waals surface area (Å²) < 4.78 is 38.9. The van der Waals surface area contributed by atoms with E-state index < -0.39 is 65.5 Å². The zero-order valence-corrected chi connectivity index (χ0v) is 20.9. The number of ether oxygens (including phenoxy) is 1. The molecule has 39 heavy (non-hydrogen) atoms. The summed E-state index contributed by atoms with van der Waals surface area (Å²) in [6.45, 7) is -1.12. The van der Waals surface area contributed by atoms with E-state index in [2.05, 4.69) is 25.0 Å². The molecule has 1 fully saturated rings. The maximum atomic E-state index is 12.5. The number of nitrogens with zero attached hydrogens (tertiary/aromatic N) is 4. The smallest absolute Gasteiger partial charge is 0.335 e. The largest absolute Gasteiger partial charge is 0.387 e. The van der Waals surface area contributed by atoms with Crippen LogP contribution in [0.5, 0.6) is 0 Å². The Labute approximate surface area is 221 Å². The number of hydrogen-bond donors (Lipinski definition) is 6. The second-order valence-corrected chi connectivity index (χ2v) is 10.6. The lowest BCUT2D eigenvalue weighted by Crippen LogP contribution is -2.43. The summed E-state index contributed by atoms with van der Waals surface area (Å²) in [4.78, 5) is 35.7. The predicted molar refractivity (Wildman–Crippen MR) is 131 cm³/mol. The highest BCUT2D eigenvalue weighted by molar-refractivity contribution is 7.84. The lowest BCUT2D eigenvalue weighted by molar-refractivity contribution is -0.113. The summed E-state index contributed by atoms with van der Waals surface area (Å²) in [6, 6.07) is 6.30. The molecule has 0 bridgehead atoms. The number of carbonyl (C=O) groups is 2. The minimum atomic E-state index is -4.46. The quantitative estimate of drug-likeness (QED) is 0.142. The van der Waals surface area contributed by atoms with Gasteiger partial charge in [-0.15, -0.1) is 0 Å². The van der Waals surface area contributed by atoms with Gasteiger partial charge in [-0.05, 0) is 6.07 Å². The third-order valence-electron chi connectivity index (χ3n) is 6.60. The van der Waals surface area contributed by atoms with Crippen molar-refractivity contribution < 1.29 is 42.2 Å². The van der Waals surface area contributed by atoms with Crippen LogP contribution in [-0.2, 0) is 29.7 Å². The monoisotopic (exact) mass is 563 g/mol. The van der Waals surface area contributed by atoms with Crippen LogP contribution in [0.1, 0.15) is 28.6 Å². The van der Waals surface area contributed by atoms with Gasteiger partial charge in [0.1, 0.15) is 36.4 Å². The number of nitrogen functional groups attached to an aromatic ring is 1. The third kappa shape index (κ3) is 5.08. The highest BCUT2D eigenvalue weighted by Gasteiger charge is 2.45. The first-order chi connectivity index (χ1) is 18.5. The van der Waals surface area contributed by atoms with Crippen molar-refractivity contribution in [2.75, 3.05) is 18.9 Å². The molecule has 0 radical (unpaired) electrons.